The van der Waals surface area contributed by atoms with Crippen molar-refractivity contribution in [2.45, 2.75) is 22.5 Å². The molecule has 0 aliphatic heterocycles. The summed E-state index contributed by atoms with van der Waals surface area (Å²) in [6, 6.07) is 11.1. The number of nitrogens with one attached hydrogen (secondary N) is 2. The fourth-order valence-corrected chi connectivity index (χ4v) is 4.51. The lowest BCUT2D eigenvalue weighted by Gasteiger charge is -2.11. The Balaban J connectivity index is 1.78. The highest BCUT2D eigenvalue weighted by Gasteiger charge is 2.30. The van der Waals surface area contributed by atoms with E-state index in [2.05, 4.69) is 9.44 Å². The molecule has 1 heterocycles. The molecule has 0 spiro atoms. The predicted molar refractivity (Wildman–Crippen MR) is 101 cm³/mol. The first-order valence-electron chi connectivity index (χ1n) is 8.30. The zero-order valence-electron chi connectivity index (χ0n) is 15.0. The fourth-order valence-electron chi connectivity index (χ4n) is 2.43. The van der Waals surface area contributed by atoms with Gasteiger partial charge >= 0.3 is 6.18 Å². The Bertz CT molecular complexity index is 1220. The summed E-state index contributed by atoms with van der Waals surface area (Å²) >= 11 is 0. The number of alkyl halides is 3. The quantitative estimate of drug-likeness (QED) is 0.561. The van der Waals surface area contributed by atoms with Crippen molar-refractivity contribution in [1.82, 2.24) is 4.72 Å². The largest absolute Gasteiger partial charge is 0.468 e. The molecule has 1 aromatic heterocycles. The highest BCUT2D eigenvalue weighted by atomic mass is 32.2. The summed E-state index contributed by atoms with van der Waals surface area (Å²) in [5.74, 6) is 0.387. The summed E-state index contributed by atoms with van der Waals surface area (Å²) in [5.41, 5.74) is -1.06. The Morgan fingerprint density at radius 3 is 2.13 bits per heavy atom. The molecular weight excluding hydrogens is 445 g/mol. The third-order valence-corrected chi connectivity index (χ3v) is 6.70. The monoisotopic (exact) mass is 460 g/mol. The van der Waals surface area contributed by atoms with Gasteiger partial charge in [-0.3, -0.25) is 4.72 Å². The lowest BCUT2D eigenvalue weighted by Crippen LogP contribution is -2.23. The van der Waals surface area contributed by atoms with E-state index in [1.165, 1.54) is 24.5 Å². The van der Waals surface area contributed by atoms with Crippen LogP contribution in [0.15, 0.2) is 81.1 Å². The summed E-state index contributed by atoms with van der Waals surface area (Å²) in [5, 5.41) is 0. The van der Waals surface area contributed by atoms with Gasteiger partial charge in [0, 0.05) is 0 Å². The smallest absolute Gasteiger partial charge is 0.416 e. The minimum atomic E-state index is -4.60. The topological polar surface area (TPSA) is 105 Å². The van der Waals surface area contributed by atoms with E-state index in [-0.39, 0.29) is 17.1 Å². The first kappa shape index (κ1) is 21.9. The molecule has 0 radical (unpaired) electrons. The molecule has 2 N–H and O–H groups in total. The van der Waals surface area contributed by atoms with Crippen LogP contribution in [0.2, 0.25) is 0 Å². The minimum absolute atomic E-state index is 0.0734. The van der Waals surface area contributed by atoms with Crippen LogP contribution in [0.4, 0.5) is 18.9 Å². The van der Waals surface area contributed by atoms with Crippen LogP contribution >= 0.6 is 0 Å². The standard InChI is InChI=1S/C18H15F3N2O5S2/c19-18(20,21)13-6-8-16(9-7-13)30(26,27)23-14-3-1-5-17(11-14)29(24,25)22-12-15-4-2-10-28-15/h1-11,22-23H,12H2. The molecule has 7 nitrogen and oxygen atoms in total. The molecule has 12 heteroatoms. The van der Waals surface area contributed by atoms with Crippen LogP contribution in [-0.2, 0) is 32.8 Å². The van der Waals surface area contributed by atoms with E-state index in [4.69, 9.17) is 4.42 Å². The number of hydrogen-bond donors (Lipinski definition) is 2. The van der Waals surface area contributed by atoms with Crippen molar-refractivity contribution in [1.29, 1.82) is 0 Å². The van der Waals surface area contributed by atoms with Gasteiger partial charge in [-0.05, 0) is 54.6 Å². The maximum atomic E-state index is 12.6. The average molecular weight is 460 g/mol. The molecular formula is C18H15F3N2O5S2. The van der Waals surface area contributed by atoms with E-state index in [1.807, 2.05) is 0 Å². The highest BCUT2D eigenvalue weighted by molar-refractivity contribution is 7.92. The maximum absolute atomic E-state index is 12.6. The molecule has 0 atom stereocenters. The lowest BCUT2D eigenvalue weighted by molar-refractivity contribution is -0.137. The van der Waals surface area contributed by atoms with Crippen molar-refractivity contribution in [2.24, 2.45) is 0 Å². The van der Waals surface area contributed by atoms with Gasteiger partial charge in [-0.1, -0.05) is 6.07 Å². The second-order valence-corrected chi connectivity index (χ2v) is 9.51. The van der Waals surface area contributed by atoms with E-state index in [9.17, 15) is 30.0 Å². The van der Waals surface area contributed by atoms with Crippen molar-refractivity contribution >= 4 is 25.7 Å². The molecule has 0 aliphatic rings. The van der Waals surface area contributed by atoms with Crippen molar-refractivity contribution < 1.29 is 34.4 Å². The van der Waals surface area contributed by atoms with E-state index in [0.717, 1.165) is 18.2 Å². The number of hydrogen-bond acceptors (Lipinski definition) is 5. The first-order valence-corrected chi connectivity index (χ1v) is 11.3. The molecule has 2 aromatic carbocycles. The van der Waals surface area contributed by atoms with Crippen molar-refractivity contribution in [3.05, 3.63) is 78.3 Å². The molecule has 0 bridgehead atoms. The van der Waals surface area contributed by atoms with Gasteiger partial charge in [0.1, 0.15) is 5.76 Å². The number of sulfonamides is 2. The van der Waals surface area contributed by atoms with E-state index < -0.39 is 36.7 Å². The van der Waals surface area contributed by atoms with Crippen LogP contribution in [0.3, 0.4) is 0 Å². The number of benzene rings is 2. The van der Waals surface area contributed by atoms with Gasteiger partial charge in [-0.2, -0.15) is 13.2 Å². The molecule has 0 amide bonds. The third-order valence-electron chi connectivity index (χ3n) is 3.91. The van der Waals surface area contributed by atoms with Crippen molar-refractivity contribution in [3.8, 4) is 0 Å². The molecule has 0 aliphatic carbocycles. The Morgan fingerprint density at radius 1 is 0.833 bits per heavy atom. The zero-order valence-corrected chi connectivity index (χ0v) is 16.7. The second kappa shape index (κ2) is 8.13. The van der Waals surface area contributed by atoms with Crippen LogP contribution in [0.25, 0.3) is 0 Å². The minimum Gasteiger partial charge on any atom is -0.468 e. The molecule has 0 saturated heterocycles. The van der Waals surface area contributed by atoms with Gasteiger partial charge in [0.15, 0.2) is 0 Å². The normalized spacial score (nSPS) is 12.6. The summed E-state index contributed by atoms with van der Waals surface area (Å²) < 4.78 is 97.1. The molecule has 0 saturated carbocycles. The summed E-state index contributed by atoms with van der Waals surface area (Å²) in [6.07, 6.45) is -3.21. The van der Waals surface area contributed by atoms with E-state index >= 15 is 0 Å². The SMILES string of the molecule is O=S(=O)(NCc1ccco1)c1cccc(NS(=O)(=O)c2ccc(C(F)(F)F)cc2)c1. The molecule has 160 valence electrons. The van der Waals surface area contributed by atoms with Gasteiger partial charge in [0.05, 0.1) is 33.8 Å². The van der Waals surface area contributed by atoms with Crippen LogP contribution in [0.5, 0.6) is 0 Å². The molecule has 0 fully saturated rings. The lowest BCUT2D eigenvalue weighted by atomic mass is 10.2. The number of anilines is 1. The van der Waals surface area contributed by atoms with Gasteiger partial charge < -0.3 is 4.42 Å². The van der Waals surface area contributed by atoms with Crippen LogP contribution < -0.4 is 9.44 Å². The Labute approximate surface area is 170 Å². The second-order valence-electron chi connectivity index (χ2n) is 6.06. The Kier molecular flexibility index (Phi) is 5.92. The number of halogens is 3. The molecule has 30 heavy (non-hydrogen) atoms. The van der Waals surface area contributed by atoms with Gasteiger partial charge in [0.2, 0.25) is 10.0 Å². The van der Waals surface area contributed by atoms with Crippen LogP contribution in [0, 0.1) is 0 Å². The van der Waals surface area contributed by atoms with Crippen molar-refractivity contribution in [2.75, 3.05) is 4.72 Å². The Morgan fingerprint density at radius 2 is 1.53 bits per heavy atom. The maximum Gasteiger partial charge on any atom is 0.416 e. The van der Waals surface area contributed by atoms with Gasteiger partial charge in [-0.15, -0.1) is 0 Å². The number of rotatable bonds is 7. The first-order chi connectivity index (χ1) is 14.0. The fraction of sp³-hybridized carbons (Fsp3) is 0.111. The van der Waals surface area contributed by atoms with E-state index in [1.54, 1.807) is 12.1 Å². The summed E-state index contributed by atoms with van der Waals surface area (Å²) in [6.45, 7) is -0.100. The summed E-state index contributed by atoms with van der Waals surface area (Å²) in [4.78, 5) is -0.610. The van der Waals surface area contributed by atoms with E-state index in [0.29, 0.717) is 17.9 Å². The van der Waals surface area contributed by atoms with Crippen molar-refractivity contribution in [3.63, 3.8) is 0 Å². The molecule has 0 unspecified atom stereocenters. The Hall–Kier alpha value is -2.83. The molecule has 3 aromatic rings. The third kappa shape index (κ3) is 5.20. The average Bonchev–Trinajstić information content (AvgIpc) is 3.19. The highest BCUT2D eigenvalue weighted by Crippen LogP contribution is 2.30. The molecule has 3 rings (SSSR count). The zero-order chi connectivity index (χ0) is 22.0. The summed E-state index contributed by atoms with van der Waals surface area (Å²) in [7, 11) is -8.20. The van der Waals surface area contributed by atoms with Crippen LogP contribution in [0.1, 0.15) is 11.3 Å². The van der Waals surface area contributed by atoms with Crippen LogP contribution in [-0.4, -0.2) is 16.8 Å². The number of furan rings is 1. The predicted octanol–water partition coefficient (Wildman–Crippen LogP) is 3.58. The van der Waals surface area contributed by atoms with Gasteiger partial charge in [-0.25, -0.2) is 21.6 Å². The van der Waals surface area contributed by atoms with Gasteiger partial charge in [0.25, 0.3) is 10.0 Å².